The van der Waals surface area contributed by atoms with E-state index in [0.29, 0.717) is 12.0 Å². The van der Waals surface area contributed by atoms with E-state index < -0.39 is 37.5 Å². The van der Waals surface area contributed by atoms with E-state index in [1.165, 1.54) is 10.8 Å². The number of nitrogens with zero attached hydrogens (tertiary/aromatic N) is 1. The standard InChI is InChI=1S/C14H23N2O7P/c1-8-7-16(13(18)15-12(8)17)11-5-9(23-24(19,20)21)10(22-11)6-14(2,3)4/h7,9-11H,5-6H2,1-4H3,(H,15,17,18)(H2,19,20,21)/t9-,10-,11-/m1/s1. The second-order valence-corrected chi connectivity index (χ2v) is 8.43. The highest BCUT2D eigenvalue weighted by Gasteiger charge is 2.42. The van der Waals surface area contributed by atoms with Gasteiger partial charge >= 0.3 is 13.5 Å². The van der Waals surface area contributed by atoms with E-state index in [9.17, 15) is 14.2 Å². The fraction of sp³-hybridized carbons (Fsp3) is 0.714. The summed E-state index contributed by atoms with van der Waals surface area (Å²) in [5.74, 6) is 0. The molecule has 1 aliphatic heterocycles. The fourth-order valence-corrected chi connectivity index (χ4v) is 3.32. The maximum absolute atomic E-state index is 12.0. The Kier molecular flexibility index (Phi) is 5.22. The molecule has 1 fully saturated rings. The van der Waals surface area contributed by atoms with Gasteiger partial charge in [0.25, 0.3) is 5.56 Å². The summed E-state index contributed by atoms with van der Waals surface area (Å²) in [4.78, 5) is 43.9. The third-order valence-electron chi connectivity index (χ3n) is 3.72. The van der Waals surface area contributed by atoms with E-state index in [1.54, 1.807) is 6.92 Å². The van der Waals surface area contributed by atoms with Gasteiger partial charge in [0.15, 0.2) is 0 Å². The molecule has 24 heavy (non-hydrogen) atoms. The van der Waals surface area contributed by atoms with Crippen molar-refractivity contribution in [1.29, 1.82) is 0 Å². The van der Waals surface area contributed by atoms with Crippen molar-refractivity contribution >= 4 is 7.82 Å². The lowest BCUT2D eigenvalue weighted by Gasteiger charge is -2.26. The molecule has 2 rings (SSSR count). The number of aryl methyl sites for hydroxylation is 1. The maximum atomic E-state index is 12.0. The van der Waals surface area contributed by atoms with E-state index in [0.717, 1.165) is 0 Å². The van der Waals surface area contributed by atoms with E-state index in [2.05, 4.69) is 4.98 Å². The number of phosphoric ester groups is 1. The van der Waals surface area contributed by atoms with Crippen LogP contribution in [0.1, 0.15) is 45.4 Å². The highest BCUT2D eigenvalue weighted by atomic mass is 31.2. The van der Waals surface area contributed by atoms with Crippen LogP contribution in [0.2, 0.25) is 0 Å². The SMILES string of the molecule is Cc1cn([C@H]2C[C@@H](OP(=O)(O)O)[C@@H](CC(C)(C)C)O2)c(=O)[nH]c1=O. The first-order valence-electron chi connectivity index (χ1n) is 7.57. The van der Waals surface area contributed by atoms with E-state index in [-0.39, 0.29) is 11.8 Å². The van der Waals surface area contributed by atoms with Crippen molar-refractivity contribution in [3.8, 4) is 0 Å². The first kappa shape index (κ1) is 19.1. The van der Waals surface area contributed by atoms with Crippen molar-refractivity contribution in [2.75, 3.05) is 0 Å². The number of H-pyrrole nitrogens is 1. The fourth-order valence-electron chi connectivity index (χ4n) is 2.75. The smallest absolute Gasteiger partial charge is 0.352 e. The normalized spacial score (nSPS) is 25.2. The predicted octanol–water partition coefficient (Wildman–Crippen LogP) is 1.05. The molecule has 1 aromatic rings. The molecule has 0 unspecified atom stereocenters. The molecule has 136 valence electrons. The average molecular weight is 362 g/mol. The van der Waals surface area contributed by atoms with E-state index in [4.69, 9.17) is 19.0 Å². The lowest BCUT2D eigenvalue weighted by atomic mass is 9.87. The Labute approximate surface area is 138 Å². The van der Waals surface area contributed by atoms with Gasteiger partial charge in [-0.1, -0.05) is 20.8 Å². The third kappa shape index (κ3) is 4.87. The van der Waals surface area contributed by atoms with Gasteiger partial charge in [0.05, 0.1) is 12.2 Å². The summed E-state index contributed by atoms with van der Waals surface area (Å²) in [6.45, 7) is 7.46. The number of ether oxygens (including phenoxy) is 1. The van der Waals surface area contributed by atoms with Gasteiger partial charge in [-0.2, -0.15) is 0 Å². The highest BCUT2D eigenvalue weighted by Crippen LogP contribution is 2.45. The molecule has 3 N–H and O–H groups in total. The second kappa shape index (κ2) is 6.57. The average Bonchev–Trinajstić information content (AvgIpc) is 2.72. The molecule has 0 amide bonds. The second-order valence-electron chi connectivity index (χ2n) is 7.24. The zero-order valence-electron chi connectivity index (χ0n) is 14.1. The molecule has 1 aliphatic rings. The van der Waals surface area contributed by atoms with Crippen molar-refractivity contribution in [3.05, 3.63) is 32.6 Å². The van der Waals surface area contributed by atoms with Gasteiger partial charge in [-0.15, -0.1) is 0 Å². The van der Waals surface area contributed by atoms with Gasteiger partial charge in [0.2, 0.25) is 0 Å². The summed E-state index contributed by atoms with van der Waals surface area (Å²) in [5, 5.41) is 0. The van der Waals surface area contributed by atoms with Gasteiger partial charge in [0, 0.05) is 18.2 Å². The minimum absolute atomic E-state index is 0.0945. The van der Waals surface area contributed by atoms with Gasteiger partial charge in [-0.25, -0.2) is 9.36 Å². The Balaban J connectivity index is 2.31. The van der Waals surface area contributed by atoms with Crippen LogP contribution in [0.15, 0.2) is 15.8 Å². The number of hydrogen-bond acceptors (Lipinski definition) is 5. The van der Waals surface area contributed by atoms with Gasteiger partial charge in [-0.05, 0) is 18.8 Å². The molecule has 1 saturated heterocycles. The van der Waals surface area contributed by atoms with Gasteiger partial charge in [0.1, 0.15) is 6.23 Å². The van der Waals surface area contributed by atoms with Crippen LogP contribution in [0.25, 0.3) is 0 Å². The summed E-state index contributed by atoms with van der Waals surface area (Å²) >= 11 is 0. The number of nitrogens with one attached hydrogen (secondary N) is 1. The van der Waals surface area contributed by atoms with Crippen LogP contribution in [0, 0.1) is 12.3 Å². The van der Waals surface area contributed by atoms with Crippen LogP contribution in [0.3, 0.4) is 0 Å². The van der Waals surface area contributed by atoms with E-state index in [1.807, 2.05) is 20.8 Å². The van der Waals surface area contributed by atoms with Crippen molar-refractivity contribution in [3.63, 3.8) is 0 Å². The number of aromatic amines is 1. The molecule has 3 atom stereocenters. The number of phosphoric acid groups is 1. The number of rotatable bonds is 4. The summed E-state index contributed by atoms with van der Waals surface area (Å²) in [7, 11) is -4.69. The Morgan fingerprint density at radius 2 is 2.04 bits per heavy atom. The number of aromatic nitrogens is 2. The molecule has 9 nitrogen and oxygen atoms in total. The molecule has 0 aromatic carbocycles. The van der Waals surface area contributed by atoms with Crippen LogP contribution in [-0.2, 0) is 13.8 Å². The summed E-state index contributed by atoms with van der Waals surface area (Å²) in [6, 6.07) is 0. The Hall–Kier alpha value is -1.25. The summed E-state index contributed by atoms with van der Waals surface area (Å²) < 4.78 is 23.1. The molecule has 0 saturated carbocycles. The van der Waals surface area contributed by atoms with E-state index >= 15 is 0 Å². The monoisotopic (exact) mass is 362 g/mol. The Morgan fingerprint density at radius 1 is 1.42 bits per heavy atom. The lowest BCUT2D eigenvalue weighted by Crippen LogP contribution is -2.33. The van der Waals surface area contributed by atoms with Crippen LogP contribution >= 0.6 is 7.82 Å². The molecule has 0 aliphatic carbocycles. The molecule has 0 spiro atoms. The van der Waals surface area contributed by atoms with Crippen LogP contribution in [0.4, 0.5) is 0 Å². The zero-order valence-corrected chi connectivity index (χ0v) is 14.9. The van der Waals surface area contributed by atoms with Crippen LogP contribution in [-0.4, -0.2) is 31.5 Å². The van der Waals surface area contributed by atoms with Crippen molar-refractivity contribution < 1.29 is 23.6 Å². The molecular formula is C14H23N2O7P. The minimum atomic E-state index is -4.69. The van der Waals surface area contributed by atoms with Crippen LogP contribution in [0.5, 0.6) is 0 Å². The highest BCUT2D eigenvalue weighted by molar-refractivity contribution is 7.46. The Bertz CT molecular complexity index is 758. The first-order chi connectivity index (χ1) is 10.9. The minimum Gasteiger partial charge on any atom is -0.352 e. The first-order valence-corrected chi connectivity index (χ1v) is 9.10. The summed E-state index contributed by atoms with van der Waals surface area (Å²) in [6.07, 6.45) is -0.240. The predicted molar refractivity (Wildman–Crippen MR) is 85.6 cm³/mol. The van der Waals surface area contributed by atoms with Crippen molar-refractivity contribution in [2.45, 2.75) is 59.0 Å². The number of hydrogen-bond donors (Lipinski definition) is 3. The maximum Gasteiger partial charge on any atom is 0.469 e. The molecule has 1 aromatic heterocycles. The molecular weight excluding hydrogens is 339 g/mol. The molecule has 10 heteroatoms. The van der Waals surface area contributed by atoms with Crippen LogP contribution < -0.4 is 11.2 Å². The zero-order chi connectivity index (χ0) is 18.3. The molecule has 0 bridgehead atoms. The van der Waals surface area contributed by atoms with Gasteiger partial charge < -0.3 is 14.5 Å². The van der Waals surface area contributed by atoms with Crippen molar-refractivity contribution in [1.82, 2.24) is 9.55 Å². The Morgan fingerprint density at radius 3 is 2.58 bits per heavy atom. The van der Waals surface area contributed by atoms with Crippen molar-refractivity contribution in [2.24, 2.45) is 5.41 Å². The summed E-state index contributed by atoms with van der Waals surface area (Å²) in [5.41, 5.74) is -0.947. The largest absolute Gasteiger partial charge is 0.469 e. The molecule has 0 radical (unpaired) electrons. The van der Waals surface area contributed by atoms with Gasteiger partial charge in [-0.3, -0.25) is 18.9 Å². The quantitative estimate of drug-likeness (QED) is 0.682. The lowest BCUT2D eigenvalue weighted by molar-refractivity contribution is -0.0379. The third-order valence-corrected chi connectivity index (χ3v) is 4.27. The topological polar surface area (TPSA) is 131 Å². The molecule has 2 heterocycles.